The molecule has 2 amide bonds. The van der Waals surface area contributed by atoms with Crippen molar-refractivity contribution in [1.82, 2.24) is 10.2 Å². The molecule has 0 radical (unpaired) electrons. The summed E-state index contributed by atoms with van der Waals surface area (Å²) in [5.41, 5.74) is 1.96. The van der Waals surface area contributed by atoms with Gasteiger partial charge in [-0.3, -0.25) is 14.4 Å². The molecule has 0 atom stereocenters. The number of carbonyl (C=O) groups excluding carboxylic acids is 3. The molecule has 0 unspecified atom stereocenters. The molecule has 2 aromatic rings. The number of aliphatic hydroxyl groups is 1. The molecule has 0 bridgehead atoms. The first-order valence-electron chi connectivity index (χ1n) is 11.4. The molecule has 1 aliphatic heterocycles. The summed E-state index contributed by atoms with van der Waals surface area (Å²) in [5, 5.41) is 13.9. The van der Waals surface area contributed by atoms with Crippen LogP contribution in [0, 0.1) is 0 Å². The number of ketones is 1. The van der Waals surface area contributed by atoms with Crippen molar-refractivity contribution >= 4 is 40.8 Å². The molecule has 35 heavy (non-hydrogen) atoms. The van der Waals surface area contributed by atoms with Crippen molar-refractivity contribution in [2.75, 3.05) is 26.2 Å². The Morgan fingerprint density at radius 3 is 2.63 bits per heavy atom. The van der Waals surface area contributed by atoms with Crippen molar-refractivity contribution in [3.63, 3.8) is 0 Å². The number of carbonyl (C=O) groups is 3. The summed E-state index contributed by atoms with van der Waals surface area (Å²) >= 11 is 11.9. The number of ether oxygens (including phenoxy) is 1. The third-order valence-electron chi connectivity index (χ3n) is 5.50. The normalized spacial score (nSPS) is 13.3. The van der Waals surface area contributed by atoms with Gasteiger partial charge in [0.25, 0.3) is 11.8 Å². The monoisotopic (exact) mass is 518 g/mol. The molecule has 1 aliphatic rings. The van der Waals surface area contributed by atoms with Crippen molar-refractivity contribution < 1.29 is 24.2 Å². The molecule has 2 N–H and O–H groups in total. The fraction of sp³-hybridized carbons (Fsp3) is 0.346. The van der Waals surface area contributed by atoms with Crippen LogP contribution in [0.15, 0.2) is 53.8 Å². The number of nitrogens with one attached hydrogen (secondary N) is 1. The summed E-state index contributed by atoms with van der Waals surface area (Å²) in [4.78, 5) is 37.5. The standard InChI is InChI=1S/C26H28Cl2N2O5/c1-17(31)13-19-5-2-7-20(14-19)35-12-4-11-30-16-21(24(32)26(30)34)25(33)29-10-3-6-18-8-9-22(27)23(28)15-18/h2,5,7-9,14-15,32H,3-4,6,10-13,16H2,1H3,(H,29,33). The fourth-order valence-electron chi connectivity index (χ4n) is 3.75. The molecule has 0 aliphatic carbocycles. The number of benzene rings is 2. The van der Waals surface area contributed by atoms with Crippen molar-refractivity contribution in [3.05, 3.63) is 75.0 Å². The van der Waals surface area contributed by atoms with E-state index in [1.54, 1.807) is 12.1 Å². The highest BCUT2D eigenvalue weighted by atomic mass is 35.5. The Labute approximate surface area is 214 Å². The Morgan fingerprint density at radius 1 is 1.09 bits per heavy atom. The predicted octanol–water partition coefficient (Wildman–Crippen LogP) is 4.30. The minimum Gasteiger partial charge on any atom is -0.503 e. The number of hydrogen-bond acceptors (Lipinski definition) is 5. The molecule has 9 heteroatoms. The van der Waals surface area contributed by atoms with Gasteiger partial charge in [-0.1, -0.05) is 41.4 Å². The lowest BCUT2D eigenvalue weighted by Crippen LogP contribution is -2.32. The van der Waals surface area contributed by atoms with Gasteiger partial charge in [-0.2, -0.15) is 0 Å². The minimum absolute atomic E-state index is 0.0530. The maximum absolute atomic E-state index is 12.5. The first-order chi connectivity index (χ1) is 16.7. The van der Waals surface area contributed by atoms with E-state index in [4.69, 9.17) is 27.9 Å². The third kappa shape index (κ3) is 7.73. The molecule has 2 aromatic carbocycles. The van der Waals surface area contributed by atoms with Gasteiger partial charge in [0.05, 0.1) is 28.8 Å². The van der Waals surface area contributed by atoms with Gasteiger partial charge in [0, 0.05) is 19.5 Å². The van der Waals surface area contributed by atoms with E-state index in [1.165, 1.54) is 11.8 Å². The maximum atomic E-state index is 12.5. The van der Waals surface area contributed by atoms with Crippen LogP contribution in [0.4, 0.5) is 0 Å². The lowest BCUT2D eigenvalue weighted by molar-refractivity contribution is -0.128. The maximum Gasteiger partial charge on any atom is 0.289 e. The van der Waals surface area contributed by atoms with Gasteiger partial charge in [-0.25, -0.2) is 0 Å². The molecule has 0 aromatic heterocycles. The first kappa shape index (κ1) is 26.6. The van der Waals surface area contributed by atoms with Gasteiger partial charge in [-0.15, -0.1) is 0 Å². The third-order valence-corrected chi connectivity index (χ3v) is 6.24. The van der Waals surface area contributed by atoms with Crippen LogP contribution in [0.25, 0.3) is 0 Å². The van der Waals surface area contributed by atoms with Crippen LogP contribution in [0.1, 0.15) is 30.9 Å². The molecule has 0 saturated heterocycles. The highest BCUT2D eigenvalue weighted by Crippen LogP contribution is 2.23. The SMILES string of the molecule is CC(=O)Cc1cccc(OCCCN2CC(C(=O)NCCCc3ccc(Cl)c(Cl)c3)=C(O)C2=O)c1. The number of halogens is 2. The fourth-order valence-corrected chi connectivity index (χ4v) is 4.07. The Balaban J connectivity index is 1.39. The molecular formula is C26H28Cl2N2O5. The molecular weight excluding hydrogens is 491 g/mol. The Kier molecular flexibility index (Phi) is 9.57. The van der Waals surface area contributed by atoms with E-state index in [1.807, 2.05) is 30.3 Å². The molecule has 186 valence electrons. The van der Waals surface area contributed by atoms with Gasteiger partial charge in [-0.05, 0) is 61.6 Å². The molecule has 0 saturated carbocycles. The van der Waals surface area contributed by atoms with E-state index in [-0.39, 0.29) is 17.9 Å². The van der Waals surface area contributed by atoms with Crippen molar-refractivity contribution in [1.29, 1.82) is 0 Å². The van der Waals surface area contributed by atoms with E-state index in [9.17, 15) is 19.5 Å². The summed E-state index contributed by atoms with van der Waals surface area (Å²) in [7, 11) is 0. The number of rotatable bonds is 12. The van der Waals surface area contributed by atoms with E-state index >= 15 is 0 Å². The predicted molar refractivity (Wildman–Crippen MR) is 135 cm³/mol. The number of amides is 2. The zero-order valence-corrected chi connectivity index (χ0v) is 21.0. The summed E-state index contributed by atoms with van der Waals surface area (Å²) in [6.07, 6.45) is 2.24. The van der Waals surface area contributed by atoms with Crippen LogP contribution in [-0.2, 0) is 27.2 Å². The summed E-state index contributed by atoms with van der Waals surface area (Å²) in [6, 6.07) is 12.7. The second-order valence-corrected chi connectivity index (χ2v) is 9.20. The summed E-state index contributed by atoms with van der Waals surface area (Å²) in [6.45, 7) is 2.67. The molecule has 7 nitrogen and oxygen atoms in total. The average molecular weight is 519 g/mol. The van der Waals surface area contributed by atoms with Gasteiger partial charge in [0.1, 0.15) is 11.5 Å². The Bertz CT molecular complexity index is 1130. The zero-order valence-electron chi connectivity index (χ0n) is 19.5. The van der Waals surface area contributed by atoms with Gasteiger partial charge in [0.15, 0.2) is 5.76 Å². The lowest BCUT2D eigenvalue weighted by Gasteiger charge is -2.16. The topological polar surface area (TPSA) is 95.9 Å². The highest BCUT2D eigenvalue weighted by Gasteiger charge is 2.33. The van der Waals surface area contributed by atoms with Crippen LogP contribution in [0.2, 0.25) is 10.0 Å². The van der Waals surface area contributed by atoms with Gasteiger partial charge < -0.3 is 20.1 Å². The van der Waals surface area contributed by atoms with Crippen LogP contribution in [0.5, 0.6) is 5.75 Å². The van der Waals surface area contributed by atoms with E-state index < -0.39 is 17.6 Å². The van der Waals surface area contributed by atoms with E-state index in [2.05, 4.69) is 5.32 Å². The average Bonchev–Trinajstić information content (AvgIpc) is 3.10. The molecule has 0 fully saturated rings. The summed E-state index contributed by atoms with van der Waals surface area (Å²) in [5.74, 6) is -0.794. The second kappa shape index (κ2) is 12.6. The van der Waals surface area contributed by atoms with Crippen LogP contribution < -0.4 is 10.1 Å². The number of hydrogen-bond donors (Lipinski definition) is 2. The highest BCUT2D eigenvalue weighted by molar-refractivity contribution is 6.42. The Morgan fingerprint density at radius 2 is 1.89 bits per heavy atom. The van der Waals surface area contributed by atoms with Crippen molar-refractivity contribution in [2.45, 2.75) is 32.6 Å². The number of nitrogens with zero attached hydrogens (tertiary/aromatic N) is 1. The van der Waals surface area contributed by atoms with Crippen molar-refractivity contribution in [3.8, 4) is 5.75 Å². The lowest BCUT2D eigenvalue weighted by atomic mass is 10.1. The van der Waals surface area contributed by atoms with E-state index in [0.29, 0.717) is 61.2 Å². The number of Topliss-reactive ketones (excluding diaryl/α,β-unsaturated/α-hetero) is 1. The molecule has 3 rings (SSSR count). The molecule has 1 heterocycles. The van der Waals surface area contributed by atoms with Crippen LogP contribution >= 0.6 is 23.2 Å². The molecule has 0 spiro atoms. The number of aryl methyl sites for hydroxylation is 1. The number of aliphatic hydroxyl groups excluding tert-OH is 1. The van der Waals surface area contributed by atoms with Crippen LogP contribution in [0.3, 0.4) is 0 Å². The van der Waals surface area contributed by atoms with E-state index in [0.717, 1.165) is 11.1 Å². The van der Waals surface area contributed by atoms with Gasteiger partial charge >= 0.3 is 0 Å². The Hall–Kier alpha value is -3.03. The summed E-state index contributed by atoms with van der Waals surface area (Å²) < 4.78 is 5.72. The first-order valence-corrected chi connectivity index (χ1v) is 12.1. The second-order valence-electron chi connectivity index (χ2n) is 8.39. The largest absolute Gasteiger partial charge is 0.503 e. The zero-order chi connectivity index (χ0) is 25.4. The van der Waals surface area contributed by atoms with Crippen molar-refractivity contribution in [2.24, 2.45) is 0 Å². The van der Waals surface area contributed by atoms with Crippen LogP contribution in [-0.4, -0.2) is 53.8 Å². The minimum atomic E-state index is -0.561. The van der Waals surface area contributed by atoms with Gasteiger partial charge in [0.2, 0.25) is 0 Å². The quantitative estimate of drug-likeness (QED) is 0.408. The smallest absolute Gasteiger partial charge is 0.289 e.